The minimum Gasteiger partial charge on any atom is -0.316 e. The molecule has 1 saturated carbocycles. The monoisotopic (exact) mass is 253 g/mol. The molecule has 0 aromatic heterocycles. The van der Waals surface area contributed by atoms with Crippen molar-refractivity contribution in [3.05, 3.63) is 35.4 Å². The summed E-state index contributed by atoms with van der Waals surface area (Å²) in [7, 11) is 0. The highest BCUT2D eigenvalue weighted by atomic mass is 19.1. The van der Waals surface area contributed by atoms with Crippen LogP contribution in [0.25, 0.3) is 0 Å². The van der Waals surface area contributed by atoms with Gasteiger partial charge in [-0.05, 0) is 60.5 Å². The molecule has 2 rings (SSSR count). The van der Waals surface area contributed by atoms with Crippen molar-refractivity contribution >= 4 is 0 Å². The molecule has 3 heteroatoms. The molecular weight excluding hydrogens is 232 g/mol. The first-order chi connectivity index (χ1) is 8.43. The zero-order valence-corrected chi connectivity index (χ0v) is 11.3. The lowest BCUT2D eigenvalue weighted by atomic mass is 9.94. The number of halogens is 2. The number of hydrogen-bond donors (Lipinski definition) is 1. The van der Waals surface area contributed by atoms with Crippen LogP contribution in [-0.2, 0) is 5.41 Å². The largest absolute Gasteiger partial charge is 0.316 e. The molecule has 100 valence electrons. The average Bonchev–Trinajstić information content (AvgIpc) is 2.94. The van der Waals surface area contributed by atoms with Gasteiger partial charge in [0.1, 0.15) is 11.6 Å². The van der Waals surface area contributed by atoms with E-state index in [1.807, 2.05) is 6.92 Å². The Morgan fingerprint density at radius 3 is 2.78 bits per heavy atom. The number of hydrogen-bond acceptors (Lipinski definition) is 1. The van der Waals surface area contributed by atoms with E-state index >= 15 is 0 Å². The molecule has 1 fully saturated rings. The van der Waals surface area contributed by atoms with E-state index in [4.69, 9.17) is 0 Å². The minimum atomic E-state index is -0.353. The second kappa shape index (κ2) is 4.96. The van der Waals surface area contributed by atoms with Gasteiger partial charge in [-0.25, -0.2) is 8.78 Å². The van der Waals surface area contributed by atoms with Gasteiger partial charge in [0.2, 0.25) is 0 Å². The van der Waals surface area contributed by atoms with Crippen LogP contribution in [0.15, 0.2) is 18.2 Å². The molecule has 1 aromatic carbocycles. The van der Waals surface area contributed by atoms with Crippen LogP contribution in [0.5, 0.6) is 0 Å². The molecular formula is C15H21F2N. The Kier molecular flexibility index (Phi) is 3.71. The third-order valence-corrected chi connectivity index (χ3v) is 3.90. The highest BCUT2D eigenvalue weighted by Gasteiger charge is 2.52. The summed E-state index contributed by atoms with van der Waals surface area (Å²) in [5.74, 6) is 0.382. The van der Waals surface area contributed by atoms with Crippen LogP contribution >= 0.6 is 0 Å². The zero-order valence-electron chi connectivity index (χ0n) is 11.3. The Morgan fingerprint density at radius 2 is 2.11 bits per heavy atom. The molecule has 0 spiro atoms. The Hall–Kier alpha value is -0.960. The van der Waals surface area contributed by atoms with Crippen LogP contribution in [0.3, 0.4) is 0 Å². The van der Waals surface area contributed by atoms with Crippen molar-refractivity contribution in [3.8, 4) is 0 Å². The fraction of sp³-hybridized carbons (Fsp3) is 0.600. The normalized spacial score (nSPS) is 26.7. The first-order valence-electron chi connectivity index (χ1n) is 6.59. The number of nitrogens with one attached hydrogen (secondary N) is 1. The fourth-order valence-electron chi connectivity index (χ4n) is 2.56. The second-order valence-electron chi connectivity index (χ2n) is 5.99. The Balaban J connectivity index is 2.00. The Labute approximate surface area is 108 Å². The second-order valence-corrected chi connectivity index (χ2v) is 5.99. The van der Waals surface area contributed by atoms with Crippen LogP contribution < -0.4 is 5.32 Å². The summed E-state index contributed by atoms with van der Waals surface area (Å²) in [4.78, 5) is 0. The highest BCUT2D eigenvalue weighted by molar-refractivity contribution is 5.34. The summed E-state index contributed by atoms with van der Waals surface area (Å²) < 4.78 is 27.0. The van der Waals surface area contributed by atoms with E-state index in [1.165, 1.54) is 18.2 Å². The Bertz CT molecular complexity index is 431. The zero-order chi connectivity index (χ0) is 13.3. The molecule has 1 N–H and O–H groups in total. The van der Waals surface area contributed by atoms with Crippen molar-refractivity contribution in [1.82, 2.24) is 5.32 Å². The van der Waals surface area contributed by atoms with Gasteiger partial charge in [-0.3, -0.25) is 0 Å². The lowest BCUT2D eigenvalue weighted by Crippen LogP contribution is -2.24. The Morgan fingerprint density at radius 1 is 1.39 bits per heavy atom. The van der Waals surface area contributed by atoms with E-state index in [9.17, 15) is 8.78 Å². The van der Waals surface area contributed by atoms with Crippen molar-refractivity contribution in [2.24, 2.45) is 11.8 Å². The van der Waals surface area contributed by atoms with Crippen molar-refractivity contribution in [1.29, 1.82) is 0 Å². The molecule has 0 amide bonds. The first kappa shape index (κ1) is 13.5. The van der Waals surface area contributed by atoms with E-state index in [0.29, 0.717) is 17.4 Å². The number of rotatable bonds is 5. The molecule has 0 aliphatic heterocycles. The highest BCUT2D eigenvalue weighted by Crippen LogP contribution is 2.54. The van der Waals surface area contributed by atoms with Crippen molar-refractivity contribution in [2.75, 3.05) is 13.1 Å². The molecule has 1 aliphatic rings. The van der Waals surface area contributed by atoms with Gasteiger partial charge in [0.25, 0.3) is 0 Å². The van der Waals surface area contributed by atoms with Gasteiger partial charge in [-0.15, -0.1) is 0 Å². The molecule has 1 nitrogen and oxygen atoms in total. The molecule has 0 heterocycles. The van der Waals surface area contributed by atoms with Gasteiger partial charge in [0.15, 0.2) is 0 Å². The summed E-state index contributed by atoms with van der Waals surface area (Å²) in [6.07, 6.45) is 0.929. The molecule has 18 heavy (non-hydrogen) atoms. The maximum atomic E-state index is 13.7. The van der Waals surface area contributed by atoms with Crippen LogP contribution in [-0.4, -0.2) is 13.1 Å². The van der Waals surface area contributed by atoms with Crippen molar-refractivity contribution in [2.45, 2.75) is 32.6 Å². The van der Waals surface area contributed by atoms with Gasteiger partial charge >= 0.3 is 0 Å². The van der Waals surface area contributed by atoms with E-state index < -0.39 is 0 Å². The van der Waals surface area contributed by atoms with Crippen LogP contribution in [0.1, 0.15) is 32.8 Å². The lowest BCUT2D eigenvalue weighted by Gasteiger charge is -2.14. The van der Waals surface area contributed by atoms with Gasteiger partial charge in [-0.2, -0.15) is 0 Å². The third-order valence-electron chi connectivity index (χ3n) is 3.90. The average molecular weight is 253 g/mol. The van der Waals surface area contributed by atoms with Gasteiger partial charge in [0.05, 0.1) is 0 Å². The molecule has 1 aliphatic carbocycles. The maximum absolute atomic E-state index is 13.7. The van der Waals surface area contributed by atoms with Gasteiger partial charge < -0.3 is 5.32 Å². The van der Waals surface area contributed by atoms with E-state index in [0.717, 1.165) is 19.5 Å². The van der Waals surface area contributed by atoms with E-state index in [-0.39, 0.29) is 17.0 Å². The van der Waals surface area contributed by atoms with E-state index in [1.54, 1.807) is 0 Å². The number of benzene rings is 1. The standard InChI is InChI=1S/C15H21F2N/c1-10(2)8-18-9-11-7-15(11,3)13-6-12(16)4-5-14(13)17/h4-6,10-11,18H,7-9H2,1-3H3. The molecule has 1 aromatic rings. The molecule has 2 unspecified atom stereocenters. The van der Waals surface area contributed by atoms with Gasteiger partial charge in [0, 0.05) is 0 Å². The smallest absolute Gasteiger partial charge is 0.127 e. The first-order valence-corrected chi connectivity index (χ1v) is 6.59. The molecule has 2 atom stereocenters. The summed E-state index contributed by atoms with van der Waals surface area (Å²) in [5.41, 5.74) is 0.328. The lowest BCUT2D eigenvalue weighted by molar-refractivity contribution is 0.502. The van der Waals surface area contributed by atoms with Crippen molar-refractivity contribution in [3.63, 3.8) is 0 Å². The molecule has 0 bridgehead atoms. The SMILES string of the molecule is CC(C)CNCC1CC1(C)c1cc(F)ccc1F. The predicted octanol–water partition coefficient (Wildman–Crippen LogP) is 3.49. The molecule has 0 saturated heterocycles. The topological polar surface area (TPSA) is 12.0 Å². The third kappa shape index (κ3) is 2.72. The summed E-state index contributed by atoms with van der Waals surface area (Å²) >= 11 is 0. The van der Waals surface area contributed by atoms with Crippen LogP contribution in [0, 0.1) is 23.5 Å². The van der Waals surface area contributed by atoms with Crippen LogP contribution in [0.2, 0.25) is 0 Å². The summed E-state index contributed by atoms with van der Waals surface area (Å²) in [6, 6.07) is 3.75. The maximum Gasteiger partial charge on any atom is 0.127 e. The molecule has 0 radical (unpaired) electrons. The van der Waals surface area contributed by atoms with Crippen molar-refractivity contribution < 1.29 is 8.78 Å². The quantitative estimate of drug-likeness (QED) is 0.847. The van der Waals surface area contributed by atoms with Gasteiger partial charge in [-0.1, -0.05) is 20.8 Å². The summed E-state index contributed by atoms with van der Waals surface area (Å²) in [5, 5.41) is 3.39. The predicted molar refractivity (Wildman–Crippen MR) is 69.5 cm³/mol. The summed E-state index contributed by atoms with van der Waals surface area (Å²) in [6.45, 7) is 8.19. The van der Waals surface area contributed by atoms with Crippen LogP contribution in [0.4, 0.5) is 8.78 Å². The van der Waals surface area contributed by atoms with E-state index in [2.05, 4.69) is 19.2 Å². The fourth-order valence-corrected chi connectivity index (χ4v) is 2.56. The minimum absolute atomic E-state index is 0.198.